The van der Waals surface area contributed by atoms with E-state index in [9.17, 15) is 0 Å². The molecule has 0 aliphatic carbocycles. The number of ether oxygens (including phenoxy) is 1. The quantitative estimate of drug-likeness (QED) is 0.535. The monoisotopic (exact) mass is 133 g/mol. The van der Waals surface area contributed by atoms with E-state index in [-0.39, 0.29) is 19.3 Å². The third-order valence-corrected chi connectivity index (χ3v) is 0.896. The van der Waals surface area contributed by atoms with E-state index >= 15 is 0 Å². The molecule has 0 aromatic heterocycles. The lowest BCUT2D eigenvalue weighted by molar-refractivity contribution is 0.0396. The van der Waals surface area contributed by atoms with E-state index < -0.39 is 0 Å². The van der Waals surface area contributed by atoms with Gasteiger partial charge in [-0.1, -0.05) is 0 Å². The van der Waals surface area contributed by atoms with Crippen molar-refractivity contribution in [2.24, 2.45) is 0 Å². The van der Waals surface area contributed by atoms with Gasteiger partial charge in [-0.05, 0) is 13.3 Å². The highest BCUT2D eigenvalue weighted by Gasteiger charge is 1.98. The van der Waals surface area contributed by atoms with Gasteiger partial charge in [-0.3, -0.25) is 0 Å². The molecule has 9 heavy (non-hydrogen) atoms. The number of rotatable bonds is 5. The number of aliphatic hydroxyl groups excluding tert-OH is 2. The van der Waals surface area contributed by atoms with Crippen molar-refractivity contribution >= 4 is 0 Å². The molecule has 0 rings (SSSR count). The van der Waals surface area contributed by atoms with E-state index in [1.165, 1.54) is 0 Å². The van der Waals surface area contributed by atoms with Crippen LogP contribution in [0.1, 0.15) is 6.42 Å². The second-order valence-electron chi connectivity index (χ2n) is 1.73. The predicted octanol–water partition coefficient (Wildman–Crippen LogP) is -0.420. The summed E-state index contributed by atoms with van der Waals surface area (Å²) >= 11 is 0. The van der Waals surface area contributed by atoms with E-state index in [1.807, 2.05) is 0 Å². The SMILES string of the molecule is [CH2]C(CCO)OCCO. The molecule has 0 aliphatic rings. The lowest BCUT2D eigenvalue weighted by Gasteiger charge is -2.08. The van der Waals surface area contributed by atoms with E-state index in [4.69, 9.17) is 14.9 Å². The van der Waals surface area contributed by atoms with Gasteiger partial charge in [0.05, 0.1) is 19.3 Å². The van der Waals surface area contributed by atoms with Crippen molar-refractivity contribution in [1.29, 1.82) is 0 Å². The van der Waals surface area contributed by atoms with Crippen molar-refractivity contribution < 1.29 is 14.9 Å². The third-order valence-electron chi connectivity index (χ3n) is 0.896. The fourth-order valence-corrected chi connectivity index (χ4v) is 0.447. The maximum Gasteiger partial charge on any atom is 0.0701 e. The average molecular weight is 133 g/mol. The molecule has 0 amide bonds. The highest BCUT2D eigenvalue weighted by Crippen LogP contribution is 1.93. The zero-order valence-corrected chi connectivity index (χ0v) is 5.42. The summed E-state index contributed by atoms with van der Waals surface area (Å²) in [5.41, 5.74) is 0. The van der Waals surface area contributed by atoms with Crippen LogP contribution in [0.25, 0.3) is 0 Å². The molecule has 1 radical (unpaired) electrons. The first kappa shape index (κ1) is 8.88. The summed E-state index contributed by atoms with van der Waals surface area (Å²) < 4.78 is 4.91. The highest BCUT2D eigenvalue weighted by atomic mass is 16.5. The van der Waals surface area contributed by atoms with E-state index in [0.29, 0.717) is 13.0 Å². The van der Waals surface area contributed by atoms with Crippen LogP contribution in [-0.4, -0.2) is 36.1 Å². The van der Waals surface area contributed by atoms with Crippen LogP contribution >= 0.6 is 0 Å². The van der Waals surface area contributed by atoms with Crippen molar-refractivity contribution in [3.63, 3.8) is 0 Å². The van der Waals surface area contributed by atoms with Gasteiger partial charge in [0.1, 0.15) is 0 Å². The summed E-state index contributed by atoms with van der Waals surface area (Å²) in [5.74, 6) is 0. The van der Waals surface area contributed by atoms with Crippen LogP contribution in [0.3, 0.4) is 0 Å². The molecule has 0 aliphatic heterocycles. The predicted molar refractivity (Wildman–Crippen MR) is 33.9 cm³/mol. The largest absolute Gasteiger partial charge is 0.396 e. The topological polar surface area (TPSA) is 49.7 Å². The molecule has 0 aromatic rings. The molecule has 0 aromatic carbocycles. The van der Waals surface area contributed by atoms with Crippen LogP contribution in [0.15, 0.2) is 0 Å². The van der Waals surface area contributed by atoms with Crippen molar-refractivity contribution in [1.82, 2.24) is 0 Å². The first-order valence-corrected chi connectivity index (χ1v) is 2.97. The Kier molecular flexibility index (Phi) is 5.93. The van der Waals surface area contributed by atoms with E-state index in [0.717, 1.165) is 0 Å². The standard InChI is InChI=1S/C6H13O3/c1-6(2-3-7)9-5-4-8/h6-8H,1-5H2. The van der Waals surface area contributed by atoms with Crippen molar-refractivity contribution in [3.8, 4) is 0 Å². The Labute approximate surface area is 55.3 Å². The second-order valence-corrected chi connectivity index (χ2v) is 1.73. The molecular formula is C6H13O3. The fraction of sp³-hybridized carbons (Fsp3) is 0.833. The van der Waals surface area contributed by atoms with Crippen LogP contribution in [0, 0.1) is 6.92 Å². The summed E-state index contributed by atoms with van der Waals surface area (Å²) in [5, 5.41) is 16.6. The normalized spacial score (nSPS) is 13.7. The van der Waals surface area contributed by atoms with Crippen LogP contribution in [0.4, 0.5) is 0 Å². The minimum absolute atomic E-state index is 0.0114. The van der Waals surface area contributed by atoms with Crippen LogP contribution < -0.4 is 0 Å². The van der Waals surface area contributed by atoms with Crippen molar-refractivity contribution in [2.75, 3.05) is 19.8 Å². The van der Waals surface area contributed by atoms with Gasteiger partial charge in [0.2, 0.25) is 0 Å². The molecule has 1 atom stereocenters. The Morgan fingerprint density at radius 3 is 2.44 bits per heavy atom. The van der Waals surface area contributed by atoms with Gasteiger partial charge >= 0.3 is 0 Å². The summed E-state index contributed by atoms with van der Waals surface area (Å²) in [4.78, 5) is 0. The molecule has 2 N–H and O–H groups in total. The van der Waals surface area contributed by atoms with Gasteiger partial charge in [-0.2, -0.15) is 0 Å². The lowest BCUT2D eigenvalue weighted by Crippen LogP contribution is -2.12. The smallest absolute Gasteiger partial charge is 0.0701 e. The first-order chi connectivity index (χ1) is 4.31. The maximum atomic E-state index is 8.35. The van der Waals surface area contributed by atoms with E-state index in [2.05, 4.69) is 6.92 Å². The Bertz CT molecular complexity index is 56.3. The highest BCUT2D eigenvalue weighted by molar-refractivity contribution is 4.57. The Balaban J connectivity index is 2.95. The Morgan fingerprint density at radius 2 is 2.00 bits per heavy atom. The Hall–Kier alpha value is -0.120. The molecule has 1 unspecified atom stereocenters. The summed E-state index contributed by atoms with van der Waals surface area (Å²) in [6.07, 6.45) is 0.335. The lowest BCUT2D eigenvalue weighted by atomic mass is 10.3. The third kappa shape index (κ3) is 5.76. The number of aliphatic hydroxyl groups is 2. The second kappa shape index (κ2) is 6.01. The van der Waals surface area contributed by atoms with Gasteiger partial charge < -0.3 is 14.9 Å². The summed E-state index contributed by atoms with van der Waals surface area (Å²) in [7, 11) is 0. The van der Waals surface area contributed by atoms with Crippen LogP contribution in [0.5, 0.6) is 0 Å². The number of hydrogen-bond donors (Lipinski definition) is 2. The molecule has 0 bridgehead atoms. The van der Waals surface area contributed by atoms with Gasteiger partial charge in [-0.15, -0.1) is 0 Å². The molecule has 3 nitrogen and oxygen atoms in total. The minimum atomic E-state index is -0.192. The minimum Gasteiger partial charge on any atom is -0.396 e. The van der Waals surface area contributed by atoms with Crippen LogP contribution in [-0.2, 0) is 4.74 Å². The molecule has 3 heteroatoms. The van der Waals surface area contributed by atoms with Gasteiger partial charge in [0, 0.05) is 6.61 Å². The summed E-state index contributed by atoms with van der Waals surface area (Å²) in [6, 6.07) is 0. The number of hydrogen-bond acceptors (Lipinski definition) is 3. The van der Waals surface area contributed by atoms with E-state index in [1.54, 1.807) is 0 Å². The molecule has 0 fully saturated rings. The van der Waals surface area contributed by atoms with Crippen LogP contribution in [0.2, 0.25) is 0 Å². The molecule has 0 saturated heterocycles. The van der Waals surface area contributed by atoms with Crippen molar-refractivity contribution in [2.45, 2.75) is 12.5 Å². The molecular weight excluding hydrogens is 120 g/mol. The molecule has 0 spiro atoms. The maximum absolute atomic E-state index is 8.35. The van der Waals surface area contributed by atoms with Gasteiger partial charge in [0.25, 0.3) is 0 Å². The molecule has 55 valence electrons. The zero-order valence-electron chi connectivity index (χ0n) is 5.42. The van der Waals surface area contributed by atoms with Gasteiger partial charge in [-0.25, -0.2) is 0 Å². The summed E-state index contributed by atoms with van der Waals surface area (Å²) in [6.45, 7) is 3.97. The molecule has 0 saturated carbocycles. The van der Waals surface area contributed by atoms with Crippen molar-refractivity contribution in [3.05, 3.63) is 6.92 Å². The molecule has 0 heterocycles. The van der Waals surface area contributed by atoms with Gasteiger partial charge in [0.15, 0.2) is 0 Å². The average Bonchev–Trinajstić information content (AvgIpc) is 1.85. The first-order valence-electron chi connectivity index (χ1n) is 2.97. The zero-order chi connectivity index (χ0) is 7.11. The fourth-order valence-electron chi connectivity index (χ4n) is 0.447. The Morgan fingerprint density at radius 1 is 1.33 bits per heavy atom.